The number of ether oxygens (including phenoxy) is 1. The van der Waals surface area contributed by atoms with Gasteiger partial charge in [-0.1, -0.05) is 13.8 Å². The molecule has 0 fully saturated rings. The summed E-state index contributed by atoms with van der Waals surface area (Å²) in [5, 5.41) is 22.1. The lowest BCUT2D eigenvalue weighted by Gasteiger charge is -2.24. The van der Waals surface area contributed by atoms with Crippen molar-refractivity contribution in [1.29, 1.82) is 0 Å². The lowest BCUT2D eigenvalue weighted by atomic mass is 10.0. The van der Waals surface area contributed by atoms with E-state index in [1.54, 1.807) is 6.92 Å². The normalized spacial score (nSPS) is 12.2. The highest BCUT2D eigenvalue weighted by atomic mass is 19.1. The lowest BCUT2D eigenvalue weighted by molar-refractivity contribution is 0.0694. The molecule has 0 aliphatic rings. The third-order valence-corrected chi connectivity index (χ3v) is 5.36. The Morgan fingerprint density at radius 3 is 2.38 bits per heavy atom. The molecule has 0 bridgehead atoms. The van der Waals surface area contributed by atoms with Gasteiger partial charge in [0, 0.05) is 30.4 Å². The fourth-order valence-electron chi connectivity index (χ4n) is 3.58. The van der Waals surface area contributed by atoms with Crippen LogP contribution in [0.15, 0.2) is 29.2 Å². The fraction of sp³-hybridized carbons (Fsp3) is 0.348. The van der Waals surface area contributed by atoms with E-state index in [9.17, 15) is 33.0 Å². The van der Waals surface area contributed by atoms with E-state index in [1.807, 2.05) is 13.8 Å². The number of carbonyl (C=O) groups is 1. The summed E-state index contributed by atoms with van der Waals surface area (Å²) < 4.78 is 48.3. The van der Waals surface area contributed by atoms with Crippen molar-refractivity contribution in [3.63, 3.8) is 0 Å². The van der Waals surface area contributed by atoms with Gasteiger partial charge in [0.25, 0.3) is 0 Å². The minimum atomic E-state index is -1.46. The number of hydrogen-bond donors (Lipinski definition) is 3. The molecule has 0 spiro atoms. The van der Waals surface area contributed by atoms with Gasteiger partial charge in [0.2, 0.25) is 11.3 Å². The molecule has 0 saturated carbocycles. The SMILES string of the molecule is CCOc1nc2c(cc1NCc1c(F)cc(F)cc1F)c(=O)c(C(=O)O)cn2[C@H](CO)C(C)C. The molecule has 11 heteroatoms. The maximum absolute atomic E-state index is 14.1. The van der Waals surface area contributed by atoms with E-state index in [0.717, 1.165) is 6.20 Å². The zero-order valence-electron chi connectivity index (χ0n) is 18.7. The van der Waals surface area contributed by atoms with Gasteiger partial charge in [-0.15, -0.1) is 0 Å². The molecule has 0 unspecified atom stereocenters. The second-order valence-corrected chi connectivity index (χ2v) is 7.93. The Labute approximate surface area is 192 Å². The van der Waals surface area contributed by atoms with Crippen LogP contribution in [0.2, 0.25) is 0 Å². The largest absolute Gasteiger partial charge is 0.477 e. The number of carboxylic acid groups (broad SMARTS) is 1. The summed E-state index contributed by atoms with van der Waals surface area (Å²) in [6.07, 6.45) is 1.13. The Hall–Kier alpha value is -3.60. The van der Waals surface area contributed by atoms with Crippen molar-refractivity contribution < 1.29 is 32.9 Å². The molecule has 182 valence electrons. The molecule has 0 amide bonds. The van der Waals surface area contributed by atoms with E-state index >= 15 is 0 Å². The topological polar surface area (TPSA) is 114 Å². The van der Waals surface area contributed by atoms with Crippen LogP contribution in [-0.4, -0.2) is 38.9 Å². The number of aromatic carboxylic acids is 1. The molecule has 0 radical (unpaired) electrons. The molecule has 3 aromatic rings. The second kappa shape index (κ2) is 10.1. The summed E-state index contributed by atoms with van der Waals surface area (Å²) in [5.41, 5.74) is -1.64. The first-order valence-electron chi connectivity index (χ1n) is 10.5. The number of aliphatic hydroxyl groups excluding tert-OH is 1. The van der Waals surface area contributed by atoms with Crippen molar-refractivity contribution in [2.24, 2.45) is 5.92 Å². The molecule has 3 rings (SSSR count). The summed E-state index contributed by atoms with van der Waals surface area (Å²) in [4.78, 5) is 29.0. The van der Waals surface area contributed by atoms with Crippen LogP contribution in [0.3, 0.4) is 0 Å². The Morgan fingerprint density at radius 1 is 1.21 bits per heavy atom. The highest BCUT2D eigenvalue weighted by molar-refractivity contribution is 5.93. The van der Waals surface area contributed by atoms with E-state index in [1.165, 1.54) is 10.6 Å². The number of aliphatic hydroxyl groups is 1. The van der Waals surface area contributed by atoms with Gasteiger partial charge in [-0.2, -0.15) is 4.98 Å². The number of anilines is 1. The highest BCUT2D eigenvalue weighted by Crippen LogP contribution is 2.30. The van der Waals surface area contributed by atoms with Crippen LogP contribution in [0.1, 0.15) is 42.7 Å². The maximum Gasteiger partial charge on any atom is 0.341 e. The summed E-state index contributed by atoms with van der Waals surface area (Å²) in [6, 6.07) is 1.78. The smallest absolute Gasteiger partial charge is 0.341 e. The third-order valence-electron chi connectivity index (χ3n) is 5.36. The number of nitrogens with zero attached hydrogens (tertiary/aromatic N) is 2. The molecule has 2 heterocycles. The molecule has 34 heavy (non-hydrogen) atoms. The van der Waals surface area contributed by atoms with Gasteiger partial charge in [-0.3, -0.25) is 4.79 Å². The van der Waals surface area contributed by atoms with Crippen molar-refractivity contribution in [2.75, 3.05) is 18.5 Å². The first-order valence-corrected chi connectivity index (χ1v) is 10.5. The van der Waals surface area contributed by atoms with Crippen LogP contribution in [-0.2, 0) is 6.54 Å². The number of fused-ring (bicyclic) bond motifs is 1. The average Bonchev–Trinajstić information content (AvgIpc) is 2.75. The predicted octanol–water partition coefficient (Wildman–Crippen LogP) is 3.71. The maximum atomic E-state index is 14.1. The van der Waals surface area contributed by atoms with E-state index < -0.39 is 52.6 Å². The molecular weight excluding hydrogens is 455 g/mol. The van der Waals surface area contributed by atoms with Gasteiger partial charge in [0.1, 0.15) is 28.7 Å². The highest BCUT2D eigenvalue weighted by Gasteiger charge is 2.24. The molecule has 0 saturated heterocycles. The Morgan fingerprint density at radius 2 is 1.85 bits per heavy atom. The van der Waals surface area contributed by atoms with E-state index in [0.29, 0.717) is 12.1 Å². The first-order chi connectivity index (χ1) is 16.1. The van der Waals surface area contributed by atoms with E-state index in [4.69, 9.17) is 4.74 Å². The fourth-order valence-corrected chi connectivity index (χ4v) is 3.58. The van der Waals surface area contributed by atoms with Gasteiger partial charge >= 0.3 is 5.97 Å². The lowest BCUT2D eigenvalue weighted by Crippen LogP contribution is -2.26. The van der Waals surface area contributed by atoms with Crippen molar-refractivity contribution in [3.05, 3.63) is 63.2 Å². The molecule has 1 atom stereocenters. The van der Waals surface area contributed by atoms with Crippen LogP contribution in [0.5, 0.6) is 5.88 Å². The predicted molar refractivity (Wildman–Crippen MR) is 119 cm³/mol. The Bertz CT molecular complexity index is 1270. The quantitative estimate of drug-likeness (QED) is 0.429. The average molecular weight is 479 g/mol. The van der Waals surface area contributed by atoms with Gasteiger partial charge in [0.15, 0.2) is 0 Å². The van der Waals surface area contributed by atoms with Crippen molar-refractivity contribution in [2.45, 2.75) is 33.4 Å². The van der Waals surface area contributed by atoms with Crippen LogP contribution < -0.4 is 15.5 Å². The molecule has 0 aliphatic carbocycles. The monoisotopic (exact) mass is 479 g/mol. The van der Waals surface area contributed by atoms with Gasteiger partial charge in [-0.05, 0) is 18.9 Å². The van der Waals surface area contributed by atoms with Crippen LogP contribution in [0.25, 0.3) is 11.0 Å². The zero-order valence-corrected chi connectivity index (χ0v) is 18.7. The molecule has 0 aliphatic heterocycles. The number of carboxylic acids is 1. The molecule has 3 N–H and O–H groups in total. The van der Waals surface area contributed by atoms with E-state index in [-0.39, 0.29) is 41.7 Å². The van der Waals surface area contributed by atoms with Gasteiger partial charge in [0.05, 0.1) is 30.3 Å². The van der Waals surface area contributed by atoms with Crippen LogP contribution in [0.4, 0.5) is 18.9 Å². The molecule has 8 nitrogen and oxygen atoms in total. The number of aromatic nitrogens is 2. The summed E-state index contributed by atoms with van der Waals surface area (Å²) >= 11 is 0. The number of benzene rings is 1. The zero-order chi connectivity index (χ0) is 25.2. The van der Waals surface area contributed by atoms with E-state index in [2.05, 4.69) is 10.3 Å². The number of nitrogens with one attached hydrogen (secondary N) is 1. The molecule has 1 aromatic carbocycles. The van der Waals surface area contributed by atoms with Gasteiger partial charge in [-0.25, -0.2) is 18.0 Å². The standard InChI is InChI=1S/C23H24F3N3O5/c1-4-34-22-18(27-8-14-16(25)5-12(24)6-17(14)26)7-13-20(31)15(23(32)33)9-29(21(13)28-22)19(10-30)11(2)3/h5-7,9,11,19,27,30H,4,8,10H2,1-3H3,(H,32,33)/t19-/m1/s1. The summed E-state index contributed by atoms with van der Waals surface area (Å²) in [7, 11) is 0. The van der Waals surface area contributed by atoms with Crippen molar-refractivity contribution >= 4 is 22.7 Å². The molecular formula is C23H24F3N3O5. The summed E-state index contributed by atoms with van der Waals surface area (Å²) in [6.45, 7) is 4.71. The minimum Gasteiger partial charge on any atom is -0.477 e. The third kappa shape index (κ3) is 4.84. The Kier molecular flexibility index (Phi) is 7.45. The second-order valence-electron chi connectivity index (χ2n) is 7.93. The molecule has 2 aromatic heterocycles. The first kappa shape index (κ1) is 25.0. The van der Waals surface area contributed by atoms with Gasteiger partial charge < -0.3 is 24.8 Å². The van der Waals surface area contributed by atoms with Crippen LogP contribution in [0, 0.1) is 23.4 Å². The Balaban J connectivity index is 2.21. The van der Waals surface area contributed by atoms with Crippen molar-refractivity contribution in [3.8, 4) is 5.88 Å². The minimum absolute atomic E-state index is 0.00500. The van der Waals surface area contributed by atoms with Crippen molar-refractivity contribution in [1.82, 2.24) is 9.55 Å². The number of pyridine rings is 2. The number of halogens is 3. The number of hydrogen-bond acceptors (Lipinski definition) is 6. The van der Waals surface area contributed by atoms with Crippen LogP contribution >= 0.6 is 0 Å². The summed E-state index contributed by atoms with van der Waals surface area (Å²) in [5.74, 6) is -4.87. The number of rotatable bonds is 9.